The Balaban J connectivity index is 1.84. The number of fused-ring (bicyclic) bond motifs is 1. The van der Waals surface area contributed by atoms with Crippen LogP contribution >= 0.6 is 0 Å². The predicted octanol–water partition coefficient (Wildman–Crippen LogP) is 2.01. The number of hydrogen-bond acceptors (Lipinski definition) is 3. The van der Waals surface area contributed by atoms with Gasteiger partial charge in [-0.15, -0.1) is 0 Å². The molecule has 2 aromatic rings. The van der Waals surface area contributed by atoms with Crippen molar-refractivity contribution in [2.24, 2.45) is 0 Å². The van der Waals surface area contributed by atoms with Gasteiger partial charge in [0, 0.05) is 11.5 Å². The lowest BCUT2D eigenvalue weighted by atomic mass is 10.2. The van der Waals surface area contributed by atoms with Crippen molar-refractivity contribution in [2.45, 2.75) is 6.10 Å². The van der Waals surface area contributed by atoms with Crippen LogP contribution in [0.25, 0.3) is 10.9 Å². The Bertz CT molecular complexity index is 480. The van der Waals surface area contributed by atoms with Crippen molar-refractivity contribution in [3.8, 4) is 5.88 Å². The molecule has 76 valence electrons. The van der Waals surface area contributed by atoms with Crippen molar-refractivity contribution in [3.63, 3.8) is 0 Å². The molecule has 0 radical (unpaired) electrons. The van der Waals surface area contributed by atoms with Crippen LogP contribution in [0.2, 0.25) is 0 Å². The fourth-order valence-electron chi connectivity index (χ4n) is 1.47. The first-order valence-electron chi connectivity index (χ1n) is 5.02. The van der Waals surface area contributed by atoms with Crippen LogP contribution in [0.1, 0.15) is 0 Å². The van der Waals surface area contributed by atoms with Gasteiger partial charge in [-0.2, -0.15) is 0 Å². The molecule has 0 aliphatic carbocycles. The quantitative estimate of drug-likeness (QED) is 0.712. The highest BCUT2D eigenvalue weighted by molar-refractivity contribution is 5.78. The minimum Gasteiger partial charge on any atom is -0.475 e. The third-order valence-corrected chi connectivity index (χ3v) is 2.39. The topological polar surface area (TPSA) is 34.6 Å². The van der Waals surface area contributed by atoms with Gasteiger partial charge in [-0.1, -0.05) is 18.2 Å². The Labute approximate surface area is 87.6 Å². The second-order valence-corrected chi connectivity index (χ2v) is 3.61. The number of benzene rings is 1. The third-order valence-electron chi connectivity index (χ3n) is 2.39. The van der Waals surface area contributed by atoms with E-state index in [9.17, 15) is 0 Å². The summed E-state index contributed by atoms with van der Waals surface area (Å²) in [6, 6.07) is 11.9. The molecule has 1 unspecified atom stereocenters. The van der Waals surface area contributed by atoms with Gasteiger partial charge in [0.15, 0.2) is 0 Å². The predicted molar refractivity (Wildman–Crippen MR) is 57.0 cm³/mol. The summed E-state index contributed by atoms with van der Waals surface area (Å²) in [4.78, 5) is 4.40. The van der Waals surface area contributed by atoms with Gasteiger partial charge in [0.1, 0.15) is 12.7 Å². The maximum Gasteiger partial charge on any atom is 0.213 e. The molecule has 0 N–H and O–H groups in total. The largest absolute Gasteiger partial charge is 0.475 e. The van der Waals surface area contributed by atoms with E-state index < -0.39 is 0 Å². The van der Waals surface area contributed by atoms with E-state index in [1.54, 1.807) is 0 Å². The number of para-hydroxylation sites is 1. The monoisotopic (exact) mass is 201 g/mol. The van der Waals surface area contributed by atoms with Gasteiger partial charge in [0.05, 0.1) is 12.1 Å². The summed E-state index contributed by atoms with van der Waals surface area (Å²) in [5.74, 6) is 0.671. The minimum absolute atomic E-state index is 0.276. The molecule has 15 heavy (non-hydrogen) atoms. The van der Waals surface area contributed by atoms with E-state index in [1.807, 2.05) is 36.4 Å². The number of rotatable bonds is 3. The molecular weight excluding hydrogens is 190 g/mol. The Morgan fingerprint density at radius 3 is 3.00 bits per heavy atom. The van der Waals surface area contributed by atoms with Gasteiger partial charge in [0.2, 0.25) is 5.88 Å². The smallest absolute Gasteiger partial charge is 0.213 e. The first kappa shape index (κ1) is 8.68. The standard InChI is InChI=1S/C12H11NO2/c1-2-4-11-9(3-1)5-6-12(13-11)15-8-10-7-14-10/h1-6,10H,7-8H2. The lowest BCUT2D eigenvalue weighted by Crippen LogP contribution is -2.05. The molecule has 0 amide bonds. The first-order valence-corrected chi connectivity index (χ1v) is 5.02. The first-order chi connectivity index (χ1) is 7.42. The van der Waals surface area contributed by atoms with Crippen molar-refractivity contribution in [2.75, 3.05) is 13.2 Å². The SMILES string of the molecule is c1ccc2nc(OCC3CO3)ccc2c1. The van der Waals surface area contributed by atoms with Crippen molar-refractivity contribution < 1.29 is 9.47 Å². The van der Waals surface area contributed by atoms with Crippen LogP contribution in [0, 0.1) is 0 Å². The van der Waals surface area contributed by atoms with Gasteiger partial charge < -0.3 is 9.47 Å². The number of pyridine rings is 1. The van der Waals surface area contributed by atoms with Gasteiger partial charge in [-0.25, -0.2) is 4.98 Å². The highest BCUT2D eigenvalue weighted by Crippen LogP contribution is 2.17. The highest BCUT2D eigenvalue weighted by Gasteiger charge is 2.23. The zero-order chi connectivity index (χ0) is 10.1. The molecule has 3 nitrogen and oxygen atoms in total. The molecule has 1 aromatic carbocycles. The van der Waals surface area contributed by atoms with E-state index in [2.05, 4.69) is 4.98 Å². The lowest BCUT2D eigenvalue weighted by Gasteiger charge is -2.03. The van der Waals surface area contributed by atoms with Crippen molar-refractivity contribution >= 4 is 10.9 Å². The third kappa shape index (κ3) is 1.92. The fourth-order valence-corrected chi connectivity index (χ4v) is 1.47. The van der Waals surface area contributed by atoms with Gasteiger partial charge in [-0.3, -0.25) is 0 Å². The second-order valence-electron chi connectivity index (χ2n) is 3.61. The molecule has 1 aromatic heterocycles. The fraction of sp³-hybridized carbons (Fsp3) is 0.250. The molecule has 1 aliphatic heterocycles. The summed E-state index contributed by atoms with van der Waals surface area (Å²) < 4.78 is 10.6. The molecule has 0 bridgehead atoms. The van der Waals surface area contributed by atoms with Crippen molar-refractivity contribution in [1.82, 2.24) is 4.98 Å². The molecule has 1 aliphatic rings. The van der Waals surface area contributed by atoms with E-state index in [1.165, 1.54) is 0 Å². The molecule has 3 heteroatoms. The summed E-state index contributed by atoms with van der Waals surface area (Å²) in [5, 5.41) is 1.13. The average molecular weight is 201 g/mol. The van der Waals surface area contributed by atoms with Gasteiger partial charge in [0.25, 0.3) is 0 Å². The number of ether oxygens (including phenoxy) is 2. The number of epoxide rings is 1. The van der Waals surface area contributed by atoms with E-state index in [0.29, 0.717) is 12.5 Å². The Morgan fingerprint density at radius 2 is 2.13 bits per heavy atom. The van der Waals surface area contributed by atoms with Crippen LogP contribution in [0.5, 0.6) is 5.88 Å². The number of nitrogens with zero attached hydrogens (tertiary/aromatic N) is 1. The number of hydrogen-bond donors (Lipinski definition) is 0. The lowest BCUT2D eigenvalue weighted by molar-refractivity contribution is 0.256. The molecule has 1 atom stereocenters. The average Bonchev–Trinajstić information content (AvgIpc) is 3.10. The van der Waals surface area contributed by atoms with Crippen LogP contribution in [0.15, 0.2) is 36.4 Å². The molecule has 1 fully saturated rings. The van der Waals surface area contributed by atoms with E-state index in [4.69, 9.17) is 9.47 Å². The maximum absolute atomic E-state index is 5.50. The van der Waals surface area contributed by atoms with Gasteiger partial charge in [-0.05, 0) is 12.1 Å². The van der Waals surface area contributed by atoms with Crippen molar-refractivity contribution in [1.29, 1.82) is 0 Å². The molecular formula is C12H11NO2. The van der Waals surface area contributed by atoms with Crippen LogP contribution in [0.3, 0.4) is 0 Å². The minimum atomic E-state index is 0.276. The summed E-state index contributed by atoms with van der Waals surface area (Å²) in [5.41, 5.74) is 0.965. The summed E-state index contributed by atoms with van der Waals surface area (Å²) in [7, 11) is 0. The number of aromatic nitrogens is 1. The molecule has 3 rings (SSSR count). The zero-order valence-corrected chi connectivity index (χ0v) is 8.22. The summed E-state index contributed by atoms with van der Waals surface area (Å²) in [6.45, 7) is 1.42. The molecule has 0 spiro atoms. The van der Waals surface area contributed by atoms with E-state index >= 15 is 0 Å². The molecule has 1 saturated heterocycles. The van der Waals surface area contributed by atoms with E-state index in [0.717, 1.165) is 17.5 Å². The Kier molecular flexibility index (Phi) is 2.03. The molecule has 0 saturated carbocycles. The Hall–Kier alpha value is -1.61. The van der Waals surface area contributed by atoms with E-state index in [-0.39, 0.29) is 6.10 Å². The molecule has 2 heterocycles. The maximum atomic E-state index is 5.50. The summed E-state index contributed by atoms with van der Waals surface area (Å²) >= 11 is 0. The normalized spacial score (nSPS) is 19.1. The summed E-state index contributed by atoms with van der Waals surface area (Å²) in [6.07, 6.45) is 0.276. The van der Waals surface area contributed by atoms with Crippen LogP contribution < -0.4 is 4.74 Å². The zero-order valence-electron chi connectivity index (χ0n) is 8.22. The Morgan fingerprint density at radius 1 is 1.27 bits per heavy atom. The van der Waals surface area contributed by atoms with Gasteiger partial charge >= 0.3 is 0 Å². The van der Waals surface area contributed by atoms with Crippen LogP contribution in [-0.4, -0.2) is 24.3 Å². The second kappa shape index (κ2) is 3.51. The van der Waals surface area contributed by atoms with Crippen LogP contribution in [0.4, 0.5) is 0 Å². The highest BCUT2D eigenvalue weighted by atomic mass is 16.6. The van der Waals surface area contributed by atoms with Crippen LogP contribution in [-0.2, 0) is 4.74 Å². The van der Waals surface area contributed by atoms with Crippen molar-refractivity contribution in [3.05, 3.63) is 36.4 Å².